The first-order valence-electron chi connectivity index (χ1n) is 6.94. The maximum Gasteiger partial charge on any atom is 0.321 e. The normalized spacial score (nSPS) is 21.4. The van der Waals surface area contributed by atoms with Crippen LogP contribution in [-0.2, 0) is 4.79 Å². The third kappa shape index (κ3) is 5.16. The third-order valence-corrected chi connectivity index (χ3v) is 3.62. The summed E-state index contributed by atoms with van der Waals surface area (Å²) in [5, 5.41) is 7.83. The molecule has 6 heteroatoms. The van der Waals surface area contributed by atoms with E-state index in [0.29, 0.717) is 12.0 Å². The van der Waals surface area contributed by atoms with E-state index < -0.39 is 6.03 Å². The van der Waals surface area contributed by atoms with Gasteiger partial charge in [0.2, 0.25) is 5.91 Å². The molecule has 2 unspecified atom stereocenters. The van der Waals surface area contributed by atoms with E-state index in [9.17, 15) is 9.59 Å². The molecule has 1 rings (SSSR count). The van der Waals surface area contributed by atoms with Crippen LogP contribution >= 0.6 is 0 Å². The van der Waals surface area contributed by atoms with Crippen molar-refractivity contribution in [1.82, 2.24) is 20.9 Å². The van der Waals surface area contributed by atoms with Gasteiger partial charge in [-0.15, -0.1) is 0 Å². The minimum absolute atomic E-state index is 0.293. The number of hydrogen-bond donors (Lipinski definition) is 3. The highest BCUT2D eigenvalue weighted by atomic mass is 16.2. The van der Waals surface area contributed by atoms with E-state index in [1.165, 1.54) is 7.05 Å². The monoisotopic (exact) mass is 270 g/mol. The van der Waals surface area contributed by atoms with E-state index in [-0.39, 0.29) is 11.9 Å². The molecule has 0 aromatic heterocycles. The lowest BCUT2D eigenvalue weighted by molar-refractivity contribution is -0.121. The van der Waals surface area contributed by atoms with Crippen LogP contribution in [0.3, 0.4) is 0 Å². The molecular formula is C13H26N4O2. The summed E-state index contributed by atoms with van der Waals surface area (Å²) in [5.74, 6) is 0.288. The van der Waals surface area contributed by atoms with Crippen LogP contribution in [0.2, 0.25) is 0 Å². The Morgan fingerprint density at radius 3 is 2.53 bits per heavy atom. The fourth-order valence-electron chi connectivity index (χ4n) is 2.22. The zero-order valence-electron chi connectivity index (χ0n) is 12.3. The molecule has 3 amide bonds. The summed E-state index contributed by atoms with van der Waals surface area (Å²) in [6.45, 7) is 9.20. The Labute approximate surface area is 115 Å². The molecule has 1 saturated heterocycles. The van der Waals surface area contributed by atoms with E-state index in [2.05, 4.69) is 34.7 Å². The van der Waals surface area contributed by atoms with Gasteiger partial charge in [-0.1, -0.05) is 0 Å². The van der Waals surface area contributed by atoms with Crippen molar-refractivity contribution in [2.75, 3.05) is 26.7 Å². The van der Waals surface area contributed by atoms with E-state index in [0.717, 1.165) is 26.1 Å². The van der Waals surface area contributed by atoms with E-state index in [1.54, 1.807) is 6.92 Å². The molecule has 110 valence electrons. The standard InChI is InChI=1S/C13H26N4O2/c1-9(2)17-6-5-11(8-17)7-15-10(3)12(18)16-13(19)14-4/h9-11,15H,5-8H2,1-4H3,(H2,14,16,18,19). The van der Waals surface area contributed by atoms with Gasteiger partial charge in [0, 0.05) is 19.6 Å². The molecule has 1 aliphatic rings. The lowest BCUT2D eigenvalue weighted by Gasteiger charge is -2.21. The van der Waals surface area contributed by atoms with Crippen LogP contribution < -0.4 is 16.0 Å². The van der Waals surface area contributed by atoms with Crippen LogP contribution in [-0.4, -0.2) is 55.6 Å². The van der Waals surface area contributed by atoms with E-state index in [4.69, 9.17) is 0 Å². The summed E-state index contributed by atoms with van der Waals surface area (Å²) in [4.78, 5) is 25.1. The van der Waals surface area contributed by atoms with Gasteiger partial charge in [0.1, 0.15) is 0 Å². The van der Waals surface area contributed by atoms with Crippen molar-refractivity contribution in [3.63, 3.8) is 0 Å². The van der Waals surface area contributed by atoms with Crippen molar-refractivity contribution in [2.45, 2.75) is 39.3 Å². The first-order valence-corrected chi connectivity index (χ1v) is 6.94. The van der Waals surface area contributed by atoms with Crippen molar-refractivity contribution in [3.8, 4) is 0 Å². The number of carbonyl (C=O) groups excluding carboxylic acids is 2. The quantitative estimate of drug-likeness (QED) is 0.665. The number of imide groups is 1. The highest BCUT2D eigenvalue weighted by molar-refractivity contribution is 5.96. The number of nitrogens with one attached hydrogen (secondary N) is 3. The first-order chi connectivity index (χ1) is 8.93. The zero-order valence-corrected chi connectivity index (χ0v) is 12.3. The number of amides is 3. The van der Waals surface area contributed by atoms with Gasteiger partial charge in [-0.2, -0.15) is 0 Å². The van der Waals surface area contributed by atoms with Gasteiger partial charge in [-0.05, 0) is 46.2 Å². The fraction of sp³-hybridized carbons (Fsp3) is 0.846. The Bertz CT molecular complexity index is 320. The van der Waals surface area contributed by atoms with E-state index in [1.807, 2.05) is 0 Å². The molecule has 2 atom stereocenters. The zero-order chi connectivity index (χ0) is 14.4. The van der Waals surface area contributed by atoms with E-state index >= 15 is 0 Å². The van der Waals surface area contributed by atoms with Crippen LogP contribution in [0.25, 0.3) is 0 Å². The SMILES string of the molecule is CNC(=O)NC(=O)C(C)NCC1CCN(C(C)C)C1. The largest absolute Gasteiger partial charge is 0.341 e. The second-order valence-electron chi connectivity index (χ2n) is 5.44. The molecule has 0 aliphatic carbocycles. The van der Waals surface area contributed by atoms with Crippen molar-refractivity contribution in [3.05, 3.63) is 0 Å². The Balaban J connectivity index is 2.25. The molecule has 3 N–H and O–H groups in total. The number of hydrogen-bond acceptors (Lipinski definition) is 4. The lowest BCUT2D eigenvalue weighted by Crippen LogP contribution is -2.48. The third-order valence-electron chi connectivity index (χ3n) is 3.62. The van der Waals surface area contributed by atoms with Gasteiger partial charge in [0.25, 0.3) is 0 Å². The molecule has 6 nitrogen and oxygen atoms in total. The van der Waals surface area contributed by atoms with Gasteiger partial charge in [-0.3, -0.25) is 10.1 Å². The molecule has 19 heavy (non-hydrogen) atoms. The average molecular weight is 270 g/mol. The van der Waals surface area contributed by atoms with Crippen molar-refractivity contribution in [2.24, 2.45) is 5.92 Å². The van der Waals surface area contributed by atoms with Crippen LogP contribution in [0.15, 0.2) is 0 Å². The highest BCUT2D eigenvalue weighted by Gasteiger charge is 2.25. The maximum absolute atomic E-state index is 11.6. The molecule has 0 radical (unpaired) electrons. The van der Waals surface area contributed by atoms with Crippen LogP contribution in [0.5, 0.6) is 0 Å². The summed E-state index contributed by atoms with van der Waals surface area (Å²) >= 11 is 0. The first kappa shape index (κ1) is 15.9. The smallest absolute Gasteiger partial charge is 0.321 e. The summed E-state index contributed by atoms with van der Waals surface area (Å²) in [5.41, 5.74) is 0. The topological polar surface area (TPSA) is 73.5 Å². The average Bonchev–Trinajstić information content (AvgIpc) is 2.84. The number of carbonyl (C=O) groups is 2. The molecule has 1 fully saturated rings. The molecule has 0 saturated carbocycles. The summed E-state index contributed by atoms with van der Waals surface area (Å²) in [6.07, 6.45) is 1.16. The highest BCUT2D eigenvalue weighted by Crippen LogP contribution is 2.17. The Kier molecular flexibility index (Phi) is 6.24. The fourth-order valence-corrected chi connectivity index (χ4v) is 2.22. The lowest BCUT2D eigenvalue weighted by atomic mass is 10.1. The van der Waals surface area contributed by atoms with Gasteiger partial charge in [0.05, 0.1) is 6.04 Å². The van der Waals surface area contributed by atoms with Crippen molar-refractivity contribution in [1.29, 1.82) is 0 Å². The Morgan fingerprint density at radius 2 is 2.00 bits per heavy atom. The molecule has 1 aliphatic heterocycles. The Morgan fingerprint density at radius 1 is 1.32 bits per heavy atom. The van der Waals surface area contributed by atoms with Crippen molar-refractivity contribution < 1.29 is 9.59 Å². The number of nitrogens with zero attached hydrogens (tertiary/aromatic N) is 1. The van der Waals surface area contributed by atoms with Gasteiger partial charge < -0.3 is 15.5 Å². The number of urea groups is 1. The predicted octanol–water partition coefficient (Wildman–Crippen LogP) is 0.150. The minimum Gasteiger partial charge on any atom is -0.341 e. The van der Waals surface area contributed by atoms with Gasteiger partial charge >= 0.3 is 6.03 Å². The maximum atomic E-state index is 11.6. The molecular weight excluding hydrogens is 244 g/mol. The molecule has 0 aromatic rings. The number of likely N-dealkylation sites (tertiary alicyclic amines) is 1. The minimum atomic E-state index is -0.467. The summed E-state index contributed by atoms with van der Waals surface area (Å²) < 4.78 is 0. The molecule has 0 aromatic carbocycles. The second kappa shape index (κ2) is 7.45. The van der Waals surface area contributed by atoms with Gasteiger partial charge in [-0.25, -0.2) is 4.79 Å². The Hall–Kier alpha value is -1.14. The number of rotatable bonds is 5. The van der Waals surface area contributed by atoms with Crippen molar-refractivity contribution >= 4 is 11.9 Å². The molecule has 0 bridgehead atoms. The molecule has 1 heterocycles. The van der Waals surface area contributed by atoms with Crippen LogP contribution in [0, 0.1) is 5.92 Å². The van der Waals surface area contributed by atoms with Crippen LogP contribution in [0.4, 0.5) is 4.79 Å². The summed E-state index contributed by atoms with van der Waals surface area (Å²) in [6, 6.07) is -0.241. The van der Waals surface area contributed by atoms with Crippen LogP contribution in [0.1, 0.15) is 27.2 Å². The van der Waals surface area contributed by atoms with Gasteiger partial charge in [0.15, 0.2) is 0 Å². The summed E-state index contributed by atoms with van der Waals surface area (Å²) in [7, 11) is 1.49. The molecule has 0 spiro atoms. The second-order valence-corrected chi connectivity index (χ2v) is 5.44. The predicted molar refractivity (Wildman–Crippen MR) is 74.9 cm³/mol.